The number of esters is 1. The number of carbonyl (C=O) groups is 1. The highest BCUT2D eigenvalue weighted by molar-refractivity contribution is 5.92. The molecule has 0 saturated carbocycles. The van der Waals surface area contributed by atoms with Crippen LogP contribution in [0.25, 0.3) is 0 Å². The summed E-state index contributed by atoms with van der Waals surface area (Å²) in [5.41, 5.74) is 2.37. The van der Waals surface area contributed by atoms with E-state index in [9.17, 15) is 4.79 Å². The molecule has 0 radical (unpaired) electrons. The Kier molecular flexibility index (Phi) is 3.51. The van der Waals surface area contributed by atoms with E-state index in [4.69, 9.17) is 9.15 Å². The SMILES string of the molecule is Cc1oc(C)c(C(=O)OCc2ccccc2)c1C. The summed E-state index contributed by atoms with van der Waals surface area (Å²) in [6.07, 6.45) is 0. The first-order chi connectivity index (χ1) is 8.59. The second-order valence-electron chi connectivity index (χ2n) is 4.28. The first kappa shape index (κ1) is 12.4. The van der Waals surface area contributed by atoms with Crippen molar-refractivity contribution in [1.82, 2.24) is 0 Å². The fourth-order valence-electron chi connectivity index (χ4n) is 1.89. The van der Waals surface area contributed by atoms with Crippen LogP contribution in [0.5, 0.6) is 0 Å². The predicted molar refractivity (Wildman–Crippen MR) is 68.5 cm³/mol. The van der Waals surface area contributed by atoms with E-state index >= 15 is 0 Å². The van der Waals surface area contributed by atoms with Gasteiger partial charge in [0.2, 0.25) is 0 Å². The highest BCUT2D eigenvalue weighted by Crippen LogP contribution is 2.21. The number of hydrogen-bond donors (Lipinski definition) is 0. The van der Waals surface area contributed by atoms with Crippen LogP contribution in [-0.4, -0.2) is 5.97 Å². The number of aryl methyl sites for hydroxylation is 2. The van der Waals surface area contributed by atoms with Gasteiger partial charge in [0.05, 0.1) is 0 Å². The van der Waals surface area contributed by atoms with Crippen LogP contribution < -0.4 is 0 Å². The number of hydrogen-bond acceptors (Lipinski definition) is 3. The Morgan fingerprint density at radius 2 is 1.78 bits per heavy atom. The van der Waals surface area contributed by atoms with E-state index < -0.39 is 0 Å². The molecule has 18 heavy (non-hydrogen) atoms. The number of carbonyl (C=O) groups excluding carboxylic acids is 1. The normalized spacial score (nSPS) is 10.4. The zero-order valence-electron chi connectivity index (χ0n) is 10.8. The van der Waals surface area contributed by atoms with Gasteiger partial charge in [-0.15, -0.1) is 0 Å². The Hall–Kier alpha value is -2.03. The molecule has 0 unspecified atom stereocenters. The van der Waals surface area contributed by atoms with E-state index in [-0.39, 0.29) is 12.6 Å². The summed E-state index contributed by atoms with van der Waals surface area (Å²) in [6.45, 7) is 5.77. The van der Waals surface area contributed by atoms with Crippen LogP contribution >= 0.6 is 0 Å². The third kappa shape index (κ3) is 2.45. The minimum atomic E-state index is -0.328. The monoisotopic (exact) mass is 244 g/mol. The third-order valence-corrected chi connectivity index (χ3v) is 2.98. The maximum Gasteiger partial charge on any atom is 0.342 e. The molecular weight excluding hydrogens is 228 g/mol. The molecule has 0 aliphatic heterocycles. The first-order valence-corrected chi connectivity index (χ1v) is 5.87. The summed E-state index contributed by atoms with van der Waals surface area (Å²) in [4.78, 5) is 12.0. The molecule has 0 amide bonds. The molecular formula is C15H16O3. The van der Waals surface area contributed by atoms with Gasteiger partial charge in [0, 0.05) is 5.56 Å². The van der Waals surface area contributed by atoms with Gasteiger partial charge in [-0.2, -0.15) is 0 Å². The van der Waals surface area contributed by atoms with Crippen LogP contribution in [0.15, 0.2) is 34.7 Å². The smallest absolute Gasteiger partial charge is 0.342 e. The maximum absolute atomic E-state index is 12.0. The Balaban J connectivity index is 2.09. The third-order valence-electron chi connectivity index (χ3n) is 2.98. The van der Waals surface area contributed by atoms with Gasteiger partial charge >= 0.3 is 5.97 Å². The molecule has 0 saturated heterocycles. The highest BCUT2D eigenvalue weighted by Gasteiger charge is 2.19. The Morgan fingerprint density at radius 3 is 2.33 bits per heavy atom. The van der Waals surface area contributed by atoms with Gasteiger partial charge < -0.3 is 9.15 Å². The molecule has 0 bridgehead atoms. The van der Waals surface area contributed by atoms with E-state index in [0.29, 0.717) is 11.3 Å². The van der Waals surface area contributed by atoms with Crippen LogP contribution in [-0.2, 0) is 11.3 Å². The first-order valence-electron chi connectivity index (χ1n) is 5.87. The molecule has 0 fully saturated rings. The van der Waals surface area contributed by atoms with Gasteiger partial charge in [0.15, 0.2) is 0 Å². The zero-order chi connectivity index (χ0) is 13.1. The number of rotatable bonds is 3. The van der Waals surface area contributed by atoms with Crippen molar-refractivity contribution >= 4 is 5.97 Å². The van der Waals surface area contributed by atoms with Crippen LogP contribution in [0.2, 0.25) is 0 Å². The van der Waals surface area contributed by atoms with Gasteiger partial charge in [-0.1, -0.05) is 30.3 Å². The standard InChI is InChI=1S/C15H16O3/c1-10-11(2)18-12(3)14(10)15(16)17-9-13-7-5-4-6-8-13/h4-8H,9H2,1-3H3. The fourth-order valence-corrected chi connectivity index (χ4v) is 1.89. The molecule has 2 aromatic rings. The minimum absolute atomic E-state index is 0.281. The molecule has 2 rings (SSSR count). The molecule has 0 N–H and O–H groups in total. The van der Waals surface area contributed by atoms with Crippen molar-refractivity contribution in [3.63, 3.8) is 0 Å². The zero-order valence-corrected chi connectivity index (χ0v) is 10.8. The van der Waals surface area contributed by atoms with E-state index in [1.54, 1.807) is 6.92 Å². The molecule has 1 heterocycles. The summed E-state index contributed by atoms with van der Waals surface area (Å²) in [7, 11) is 0. The lowest BCUT2D eigenvalue weighted by atomic mass is 10.1. The van der Waals surface area contributed by atoms with E-state index in [1.165, 1.54) is 0 Å². The Morgan fingerprint density at radius 1 is 1.11 bits per heavy atom. The van der Waals surface area contributed by atoms with Crippen molar-refractivity contribution in [1.29, 1.82) is 0 Å². The minimum Gasteiger partial charge on any atom is -0.465 e. The van der Waals surface area contributed by atoms with E-state index in [1.807, 2.05) is 44.2 Å². The molecule has 0 spiro atoms. The van der Waals surface area contributed by atoms with Crippen LogP contribution in [0.3, 0.4) is 0 Å². The van der Waals surface area contributed by atoms with E-state index in [2.05, 4.69) is 0 Å². The van der Waals surface area contributed by atoms with Crippen molar-refractivity contribution < 1.29 is 13.9 Å². The topological polar surface area (TPSA) is 39.4 Å². The summed E-state index contributed by atoms with van der Waals surface area (Å²) < 4.78 is 10.7. The lowest BCUT2D eigenvalue weighted by molar-refractivity contribution is 0.0470. The highest BCUT2D eigenvalue weighted by atomic mass is 16.5. The molecule has 3 nitrogen and oxygen atoms in total. The van der Waals surface area contributed by atoms with Crippen molar-refractivity contribution in [3.8, 4) is 0 Å². The lowest BCUT2D eigenvalue weighted by Crippen LogP contribution is -2.07. The van der Waals surface area contributed by atoms with Crippen LogP contribution in [0.4, 0.5) is 0 Å². The van der Waals surface area contributed by atoms with E-state index in [0.717, 1.165) is 16.9 Å². The van der Waals surface area contributed by atoms with Crippen LogP contribution in [0, 0.1) is 20.8 Å². The average molecular weight is 244 g/mol. The van der Waals surface area contributed by atoms with Gasteiger partial charge in [0.1, 0.15) is 23.7 Å². The largest absolute Gasteiger partial charge is 0.465 e. The van der Waals surface area contributed by atoms with Crippen molar-refractivity contribution in [2.75, 3.05) is 0 Å². The van der Waals surface area contributed by atoms with Crippen LogP contribution in [0.1, 0.15) is 33.0 Å². The number of furan rings is 1. The molecule has 3 heteroatoms. The quantitative estimate of drug-likeness (QED) is 0.775. The molecule has 1 aromatic heterocycles. The lowest BCUT2D eigenvalue weighted by Gasteiger charge is -2.04. The molecule has 94 valence electrons. The maximum atomic E-state index is 12.0. The average Bonchev–Trinajstić information content (AvgIpc) is 2.62. The molecule has 0 atom stereocenters. The predicted octanol–water partition coefficient (Wildman–Crippen LogP) is 3.56. The summed E-state index contributed by atoms with van der Waals surface area (Å²) in [5.74, 6) is 1.05. The van der Waals surface area contributed by atoms with Crippen molar-refractivity contribution in [3.05, 3.63) is 58.5 Å². The second-order valence-corrected chi connectivity index (χ2v) is 4.28. The van der Waals surface area contributed by atoms with Gasteiger partial charge in [-0.25, -0.2) is 4.79 Å². The molecule has 0 aliphatic rings. The fraction of sp³-hybridized carbons (Fsp3) is 0.267. The summed E-state index contributed by atoms with van der Waals surface area (Å²) in [6, 6.07) is 9.61. The summed E-state index contributed by atoms with van der Waals surface area (Å²) in [5, 5.41) is 0. The number of benzene rings is 1. The van der Waals surface area contributed by atoms with Gasteiger partial charge in [-0.3, -0.25) is 0 Å². The number of ether oxygens (including phenoxy) is 1. The van der Waals surface area contributed by atoms with Gasteiger partial charge in [-0.05, 0) is 26.3 Å². The molecule has 1 aromatic carbocycles. The second kappa shape index (κ2) is 5.08. The molecule has 0 aliphatic carbocycles. The van der Waals surface area contributed by atoms with Gasteiger partial charge in [0.25, 0.3) is 0 Å². The summed E-state index contributed by atoms with van der Waals surface area (Å²) >= 11 is 0. The Bertz CT molecular complexity index is 553. The van der Waals surface area contributed by atoms with Crippen molar-refractivity contribution in [2.24, 2.45) is 0 Å². The Labute approximate surface area is 106 Å². The van der Waals surface area contributed by atoms with Crippen molar-refractivity contribution in [2.45, 2.75) is 27.4 Å².